The van der Waals surface area contributed by atoms with Gasteiger partial charge in [-0.05, 0) is 43.0 Å². The summed E-state index contributed by atoms with van der Waals surface area (Å²) in [5.74, 6) is 0.575. The van der Waals surface area contributed by atoms with E-state index in [-0.39, 0.29) is 5.82 Å². The number of benzene rings is 2. The summed E-state index contributed by atoms with van der Waals surface area (Å²) in [6.07, 6.45) is 0.614. The Balaban J connectivity index is 1.86. The maximum absolute atomic E-state index is 13.7. The van der Waals surface area contributed by atoms with E-state index in [9.17, 15) is 4.39 Å². The Bertz CT molecular complexity index is 686. The van der Waals surface area contributed by atoms with Crippen LogP contribution in [0.3, 0.4) is 0 Å². The molecular weight excluding hydrogens is 329 g/mol. The van der Waals surface area contributed by atoms with Gasteiger partial charge in [-0.3, -0.25) is 0 Å². The lowest BCUT2D eigenvalue weighted by Gasteiger charge is -2.12. The average Bonchev–Trinajstić information content (AvgIpc) is 2.67. The van der Waals surface area contributed by atoms with Crippen LogP contribution in [0.1, 0.15) is 30.5 Å². The second-order valence-electron chi connectivity index (χ2n) is 5.92. The van der Waals surface area contributed by atoms with Gasteiger partial charge >= 0.3 is 0 Å². The first kappa shape index (κ1) is 19.9. The summed E-state index contributed by atoms with van der Waals surface area (Å²) in [6.45, 7) is 7.36. The second-order valence-corrected chi connectivity index (χ2v) is 5.92. The Morgan fingerprint density at radius 2 is 1.73 bits per heavy atom. The van der Waals surface area contributed by atoms with Crippen molar-refractivity contribution >= 4 is 5.96 Å². The molecule has 0 aromatic heterocycles. The molecule has 140 valence electrons. The minimum Gasteiger partial charge on any atom is -0.377 e. The highest BCUT2D eigenvalue weighted by molar-refractivity contribution is 5.79. The van der Waals surface area contributed by atoms with Gasteiger partial charge in [0.05, 0.1) is 13.2 Å². The highest BCUT2D eigenvalue weighted by Gasteiger charge is 2.02. The predicted molar refractivity (Wildman–Crippen MR) is 105 cm³/mol. The fourth-order valence-corrected chi connectivity index (χ4v) is 2.49. The quantitative estimate of drug-likeness (QED) is 0.532. The van der Waals surface area contributed by atoms with Gasteiger partial charge in [-0.25, -0.2) is 9.38 Å². The molecule has 0 atom stereocenters. The van der Waals surface area contributed by atoms with Crippen molar-refractivity contribution in [3.05, 3.63) is 71.0 Å². The summed E-state index contributed by atoms with van der Waals surface area (Å²) < 4.78 is 19.1. The fraction of sp³-hybridized carbons (Fsp3) is 0.381. The molecule has 0 bridgehead atoms. The van der Waals surface area contributed by atoms with Crippen LogP contribution in [0.5, 0.6) is 0 Å². The van der Waals surface area contributed by atoms with Crippen molar-refractivity contribution in [1.29, 1.82) is 0 Å². The van der Waals surface area contributed by atoms with Gasteiger partial charge in [0.2, 0.25) is 0 Å². The maximum Gasteiger partial charge on any atom is 0.191 e. The first-order valence-corrected chi connectivity index (χ1v) is 9.14. The zero-order chi connectivity index (χ0) is 18.6. The molecule has 0 amide bonds. The van der Waals surface area contributed by atoms with Crippen molar-refractivity contribution in [2.45, 2.75) is 33.4 Å². The number of halogens is 1. The van der Waals surface area contributed by atoms with Crippen molar-refractivity contribution in [1.82, 2.24) is 10.6 Å². The van der Waals surface area contributed by atoms with Crippen LogP contribution in [0.15, 0.2) is 53.5 Å². The van der Waals surface area contributed by atoms with Crippen LogP contribution in [0.25, 0.3) is 0 Å². The van der Waals surface area contributed by atoms with Crippen LogP contribution in [-0.2, 0) is 24.3 Å². The van der Waals surface area contributed by atoms with E-state index in [4.69, 9.17) is 4.74 Å². The Labute approximate surface area is 155 Å². The molecule has 0 fully saturated rings. The molecule has 2 rings (SSSR count). The van der Waals surface area contributed by atoms with Gasteiger partial charge in [0, 0.05) is 19.7 Å². The molecule has 0 aliphatic heterocycles. The number of guanidine groups is 1. The lowest BCUT2D eigenvalue weighted by Crippen LogP contribution is -2.38. The third kappa shape index (κ3) is 6.84. The molecule has 0 unspecified atom stereocenters. The second kappa shape index (κ2) is 11.3. The van der Waals surface area contributed by atoms with Gasteiger partial charge in [0.25, 0.3) is 0 Å². The van der Waals surface area contributed by atoms with Crippen LogP contribution in [0.4, 0.5) is 4.39 Å². The lowest BCUT2D eigenvalue weighted by molar-refractivity contribution is 0.134. The van der Waals surface area contributed by atoms with Crippen molar-refractivity contribution in [3.63, 3.8) is 0 Å². The normalized spacial score (nSPS) is 11.4. The molecule has 0 spiro atoms. The monoisotopic (exact) mass is 357 g/mol. The predicted octanol–water partition coefficient (Wildman–Crippen LogP) is 3.66. The first-order chi connectivity index (χ1) is 12.7. The van der Waals surface area contributed by atoms with E-state index < -0.39 is 0 Å². The molecule has 0 aliphatic carbocycles. The number of rotatable bonds is 9. The zero-order valence-electron chi connectivity index (χ0n) is 15.6. The van der Waals surface area contributed by atoms with Crippen LogP contribution >= 0.6 is 0 Å². The van der Waals surface area contributed by atoms with Gasteiger partial charge in [-0.2, -0.15) is 0 Å². The van der Waals surface area contributed by atoms with Crippen molar-refractivity contribution < 1.29 is 9.13 Å². The third-order valence-electron chi connectivity index (χ3n) is 3.90. The van der Waals surface area contributed by atoms with E-state index >= 15 is 0 Å². The fourth-order valence-electron chi connectivity index (χ4n) is 2.49. The maximum atomic E-state index is 13.7. The smallest absolute Gasteiger partial charge is 0.191 e. The molecule has 0 aliphatic rings. The standard InChI is InChI=1S/C21H28FN3O/c1-3-23-21(24-14-13-19-7-5-6-8-20(19)22)25-15-17-9-11-18(12-10-17)16-26-4-2/h5-12H,3-4,13-16H2,1-2H3,(H2,23,24,25). The number of hydrogen-bond acceptors (Lipinski definition) is 2. The zero-order valence-corrected chi connectivity index (χ0v) is 15.6. The molecule has 0 saturated carbocycles. The number of hydrogen-bond donors (Lipinski definition) is 2. The SMILES string of the molecule is CCNC(=NCc1ccc(COCC)cc1)NCCc1ccccc1F. The minimum absolute atomic E-state index is 0.164. The van der Waals surface area contributed by atoms with Crippen molar-refractivity contribution in [3.8, 4) is 0 Å². The first-order valence-electron chi connectivity index (χ1n) is 9.14. The van der Waals surface area contributed by atoms with Gasteiger partial charge in [-0.15, -0.1) is 0 Å². The van der Waals surface area contributed by atoms with Crippen LogP contribution in [0, 0.1) is 5.82 Å². The number of nitrogens with one attached hydrogen (secondary N) is 2. The van der Waals surface area contributed by atoms with E-state index in [0.29, 0.717) is 31.7 Å². The van der Waals surface area contributed by atoms with Crippen LogP contribution < -0.4 is 10.6 Å². The summed E-state index contributed by atoms with van der Waals surface area (Å²) in [6, 6.07) is 15.1. The number of nitrogens with zero attached hydrogens (tertiary/aromatic N) is 1. The largest absolute Gasteiger partial charge is 0.377 e. The topological polar surface area (TPSA) is 45.7 Å². The number of aliphatic imine (C=N–C) groups is 1. The van der Waals surface area contributed by atoms with Crippen molar-refractivity contribution in [2.75, 3.05) is 19.7 Å². The van der Waals surface area contributed by atoms with Gasteiger partial charge in [-0.1, -0.05) is 42.5 Å². The Hall–Kier alpha value is -2.40. The summed E-state index contributed by atoms with van der Waals surface area (Å²) >= 11 is 0. The van der Waals surface area contributed by atoms with E-state index in [1.165, 1.54) is 6.07 Å². The molecule has 2 aromatic rings. The molecule has 4 nitrogen and oxygen atoms in total. The summed E-state index contributed by atoms with van der Waals surface area (Å²) in [7, 11) is 0. The van der Waals surface area contributed by atoms with E-state index in [0.717, 1.165) is 30.2 Å². The highest BCUT2D eigenvalue weighted by Crippen LogP contribution is 2.08. The van der Waals surface area contributed by atoms with Gasteiger partial charge < -0.3 is 15.4 Å². The molecule has 0 saturated heterocycles. The average molecular weight is 357 g/mol. The third-order valence-corrected chi connectivity index (χ3v) is 3.90. The Morgan fingerprint density at radius 1 is 1.00 bits per heavy atom. The minimum atomic E-state index is -0.164. The lowest BCUT2D eigenvalue weighted by atomic mass is 10.1. The molecule has 0 radical (unpaired) electrons. The molecule has 0 heterocycles. The Morgan fingerprint density at radius 3 is 2.42 bits per heavy atom. The van der Waals surface area contributed by atoms with E-state index in [1.807, 2.05) is 26.0 Å². The van der Waals surface area contributed by atoms with Crippen LogP contribution in [0.2, 0.25) is 0 Å². The van der Waals surface area contributed by atoms with Crippen molar-refractivity contribution in [2.24, 2.45) is 4.99 Å². The summed E-state index contributed by atoms with van der Waals surface area (Å²) in [5.41, 5.74) is 3.01. The highest BCUT2D eigenvalue weighted by atomic mass is 19.1. The Kier molecular flexibility index (Phi) is 8.63. The molecule has 26 heavy (non-hydrogen) atoms. The van der Waals surface area contributed by atoms with Crippen LogP contribution in [-0.4, -0.2) is 25.7 Å². The van der Waals surface area contributed by atoms with Gasteiger partial charge in [0.15, 0.2) is 5.96 Å². The summed E-state index contributed by atoms with van der Waals surface area (Å²) in [4.78, 5) is 4.60. The molecule has 5 heteroatoms. The van der Waals surface area contributed by atoms with Gasteiger partial charge in [0.1, 0.15) is 5.82 Å². The van der Waals surface area contributed by atoms with E-state index in [2.05, 4.69) is 39.9 Å². The number of ether oxygens (including phenoxy) is 1. The molecule has 2 N–H and O–H groups in total. The van der Waals surface area contributed by atoms with E-state index in [1.54, 1.807) is 6.07 Å². The molecular formula is C21H28FN3O. The molecule has 2 aromatic carbocycles. The summed E-state index contributed by atoms with van der Waals surface area (Å²) in [5, 5.41) is 6.48.